The van der Waals surface area contributed by atoms with Crippen LogP contribution in [-0.2, 0) is 12.8 Å². The van der Waals surface area contributed by atoms with Gasteiger partial charge in [0, 0.05) is 0 Å². The van der Waals surface area contributed by atoms with Gasteiger partial charge in [0.2, 0.25) is 0 Å². The van der Waals surface area contributed by atoms with Crippen LogP contribution in [0.4, 0.5) is 5.69 Å². The molecule has 0 bridgehead atoms. The summed E-state index contributed by atoms with van der Waals surface area (Å²) in [6, 6.07) is 0. The second kappa shape index (κ2) is 5.02. The number of carbonyl (C=O) groups is 1. The van der Waals surface area contributed by atoms with E-state index >= 15 is 0 Å². The molecule has 0 radical (unpaired) electrons. The van der Waals surface area contributed by atoms with Crippen molar-refractivity contribution in [1.82, 2.24) is 5.01 Å². The van der Waals surface area contributed by atoms with Crippen LogP contribution in [0.15, 0.2) is 10.3 Å². The van der Waals surface area contributed by atoms with Gasteiger partial charge in [-0.3, -0.25) is 0 Å². The maximum absolute atomic E-state index is 11.2. The van der Waals surface area contributed by atoms with Crippen LogP contribution in [0, 0.1) is 0 Å². The summed E-state index contributed by atoms with van der Waals surface area (Å²) in [4.78, 5) is 11.2. The third-order valence-electron chi connectivity index (χ3n) is 2.66. The Kier molecular flexibility index (Phi) is 3.64. The zero-order chi connectivity index (χ0) is 12.4. The first-order valence-corrected chi connectivity index (χ1v) is 7.27. The van der Waals surface area contributed by atoms with Gasteiger partial charge in [-0.05, 0) is 0 Å². The first-order valence-electron chi connectivity index (χ1n) is 5.56. The van der Waals surface area contributed by atoms with Gasteiger partial charge in [-0.25, -0.2) is 0 Å². The Morgan fingerprint density at radius 1 is 1.35 bits per heavy atom. The molecule has 1 aliphatic rings. The Morgan fingerprint density at radius 2 is 2.06 bits per heavy atom. The van der Waals surface area contributed by atoms with Crippen molar-refractivity contribution in [3.8, 4) is 0 Å². The average Bonchev–Trinajstić information content (AvgIpc) is 2.65. The average molecular weight is 300 g/mol. The summed E-state index contributed by atoms with van der Waals surface area (Å²) in [6.07, 6.45) is 4.29. The topological polar surface area (TPSA) is 65.3 Å². The molecule has 0 atom stereocenters. The van der Waals surface area contributed by atoms with Gasteiger partial charge in [-0.2, -0.15) is 0 Å². The first-order chi connectivity index (χ1) is 8.09. The quantitative estimate of drug-likeness (QED) is 0.526. The van der Waals surface area contributed by atoms with E-state index in [9.17, 15) is 9.90 Å². The molecule has 0 unspecified atom stereocenters. The Hall–Kier alpha value is -1.13. The molecule has 1 aromatic heterocycles. The molecule has 0 saturated heterocycles. The summed E-state index contributed by atoms with van der Waals surface area (Å²) in [6.45, 7) is 0. The van der Waals surface area contributed by atoms with Crippen LogP contribution in [0.5, 0.6) is 0 Å². The Balaban J connectivity index is 2.45. The summed E-state index contributed by atoms with van der Waals surface area (Å²) >= 11 is -0.0533. The standard InChI is InChI=1S/C11H15N3O2Se/c1-14(2)13-12-9-7-5-3-4-6-8(7)17-10(9)11(15)16/h3-6H2,1-2H3,(H,15,16). The van der Waals surface area contributed by atoms with E-state index < -0.39 is 5.97 Å². The normalized spacial score (nSPS) is 14.9. The van der Waals surface area contributed by atoms with E-state index in [0.29, 0.717) is 10.1 Å². The second-order valence-corrected chi connectivity index (χ2v) is 6.55. The van der Waals surface area contributed by atoms with Gasteiger partial charge in [0.25, 0.3) is 0 Å². The molecule has 1 aromatic rings. The number of carboxylic acids is 1. The summed E-state index contributed by atoms with van der Waals surface area (Å²) in [5, 5.41) is 18.9. The molecule has 0 spiro atoms. The number of fused-ring (bicyclic) bond motifs is 1. The third-order valence-corrected chi connectivity index (χ3v) is 5.32. The van der Waals surface area contributed by atoms with Crippen molar-refractivity contribution in [3.05, 3.63) is 14.4 Å². The SMILES string of the molecule is CN(C)N=Nc1c(C(=O)O)[se]c2c1CCCC2. The van der Waals surface area contributed by atoms with Crippen molar-refractivity contribution in [1.29, 1.82) is 0 Å². The maximum atomic E-state index is 11.2. The molecule has 17 heavy (non-hydrogen) atoms. The molecule has 1 N–H and O–H groups in total. The van der Waals surface area contributed by atoms with Crippen LogP contribution >= 0.6 is 0 Å². The molecule has 0 aromatic carbocycles. The fourth-order valence-corrected chi connectivity index (χ4v) is 4.37. The number of carboxylic acid groups (broad SMARTS) is 1. The van der Waals surface area contributed by atoms with Crippen molar-refractivity contribution in [2.24, 2.45) is 10.3 Å². The number of hydrogen-bond acceptors (Lipinski definition) is 3. The molecule has 1 heterocycles. The molecule has 92 valence electrons. The second-order valence-electron chi connectivity index (χ2n) is 4.23. The zero-order valence-corrected chi connectivity index (χ0v) is 11.6. The van der Waals surface area contributed by atoms with Gasteiger partial charge in [-0.15, -0.1) is 0 Å². The van der Waals surface area contributed by atoms with E-state index in [4.69, 9.17) is 0 Å². The van der Waals surface area contributed by atoms with Crippen LogP contribution in [-0.4, -0.2) is 44.7 Å². The number of rotatable bonds is 3. The van der Waals surface area contributed by atoms with Crippen LogP contribution < -0.4 is 0 Å². The molecule has 2 rings (SSSR count). The molecule has 0 fully saturated rings. The Morgan fingerprint density at radius 3 is 2.71 bits per heavy atom. The number of nitrogens with zero attached hydrogens (tertiary/aromatic N) is 3. The van der Waals surface area contributed by atoms with Gasteiger partial charge in [0.15, 0.2) is 0 Å². The molecular weight excluding hydrogens is 285 g/mol. The van der Waals surface area contributed by atoms with E-state index in [1.165, 1.54) is 10.9 Å². The monoisotopic (exact) mass is 301 g/mol. The Bertz CT molecular complexity index is 466. The molecule has 6 heteroatoms. The van der Waals surface area contributed by atoms with Crippen LogP contribution in [0.3, 0.4) is 0 Å². The van der Waals surface area contributed by atoms with Gasteiger partial charge >= 0.3 is 106 Å². The molecule has 1 aliphatic carbocycles. The van der Waals surface area contributed by atoms with Crippen LogP contribution in [0.25, 0.3) is 0 Å². The van der Waals surface area contributed by atoms with E-state index in [1.807, 2.05) is 0 Å². The summed E-state index contributed by atoms with van der Waals surface area (Å²) in [5.74, 6) is -0.841. The summed E-state index contributed by atoms with van der Waals surface area (Å²) in [5.41, 5.74) is 1.78. The predicted octanol–water partition coefficient (Wildman–Crippen LogP) is 1.88. The van der Waals surface area contributed by atoms with Crippen LogP contribution in [0.2, 0.25) is 0 Å². The van der Waals surface area contributed by atoms with Gasteiger partial charge in [0.05, 0.1) is 0 Å². The van der Waals surface area contributed by atoms with Crippen molar-refractivity contribution in [2.75, 3.05) is 14.1 Å². The van der Waals surface area contributed by atoms with E-state index in [1.54, 1.807) is 19.1 Å². The number of aromatic carboxylic acids is 1. The molecule has 0 saturated carbocycles. The molecule has 0 amide bonds. The first kappa shape index (κ1) is 12.3. The number of aryl methyl sites for hydroxylation is 1. The minimum absolute atomic E-state index is 0.0533. The van der Waals surface area contributed by atoms with Crippen molar-refractivity contribution < 1.29 is 9.90 Å². The third kappa shape index (κ3) is 2.58. The fourth-order valence-electron chi connectivity index (χ4n) is 1.93. The van der Waals surface area contributed by atoms with Gasteiger partial charge in [-0.1, -0.05) is 0 Å². The van der Waals surface area contributed by atoms with Crippen LogP contribution in [0.1, 0.15) is 32.1 Å². The van der Waals surface area contributed by atoms with E-state index in [-0.39, 0.29) is 14.5 Å². The summed E-state index contributed by atoms with van der Waals surface area (Å²) in [7, 11) is 3.56. The van der Waals surface area contributed by atoms with Gasteiger partial charge in [0.1, 0.15) is 0 Å². The van der Waals surface area contributed by atoms with E-state index in [0.717, 1.165) is 24.8 Å². The predicted molar refractivity (Wildman–Crippen MR) is 65.2 cm³/mol. The number of hydrogen-bond donors (Lipinski definition) is 1. The van der Waals surface area contributed by atoms with Crippen molar-refractivity contribution in [3.63, 3.8) is 0 Å². The fraction of sp³-hybridized carbons (Fsp3) is 0.545. The van der Waals surface area contributed by atoms with Crippen molar-refractivity contribution in [2.45, 2.75) is 25.7 Å². The van der Waals surface area contributed by atoms with E-state index in [2.05, 4.69) is 10.3 Å². The molecule has 5 nitrogen and oxygen atoms in total. The van der Waals surface area contributed by atoms with Gasteiger partial charge < -0.3 is 0 Å². The summed E-state index contributed by atoms with van der Waals surface area (Å²) < 4.78 is 1.78. The zero-order valence-electron chi connectivity index (χ0n) is 9.93. The Labute approximate surface area is 106 Å². The van der Waals surface area contributed by atoms with Crippen molar-refractivity contribution >= 4 is 26.2 Å². The molecule has 0 aliphatic heterocycles. The minimum atomic E-state index is -0.841. The molecular formula is C11H15N3O2Se.